The van der Waals surface area contributed by atoms with Crippen LogP contribution in [0, 0.1) is 6.92 Å². The van der Waals surface area contributed by atoms with E-state index in [9.17, 15) is 0 Å². The van der Waals surface area contributed by atoms with Crippen molar-refractivity contribution >= 4 is 48.6 Å². The molecule has 0 unspecified atom stereocenters. The number of aromatic nitrogens is 3. The number of anilines is 1. The number of nitrogens with zero attached hydrogens (tertiary/aromatic N) is 3. The lowest BCUT2D eigenvalue weighted by molar-refractivity contribution is 0.765. The Kier molecular flexibility index (Phi) is 3.06. The standard InChI is InChI=1S/C13H10Br2N4/c1-7-12(16)10(15)6-11-13(7)18-19(17-11)9-4-2-8(14)3-5-9/h2-6H,16H2,1H3. The van der Waals surface area contributed by atoms with Gasteiger partial charge in [0.05, 0.1) is 11.4 Å². The van der Waals surface area contributed by atoms with E-state index in [1.54, 1.807) is 4.80 Å². The average molecular weight is 382 g/mol. The van der Waals surface area contributed by atoms with Crippen molar-refractivity contribution in [2.45, 2.75) is 6.92 Å². The molecule has 3 aromatic rings. The molecule has 0 aliphatic rings. The fourth-order valence-corrected chi connectivity index (χ4v) is 2.65. The van der Waals surface area contributed by atoms with Gasteiger partial charge >= 0.3 is 0 Å². The molecule has 1 aromatic heterocycles. The zero-order valence-corrected chi connectivity index (χ0v) is 13.2. The van der Waals surface area contributed by atoms with Crippen LogP contribution >= 0.6 is 31.9 Å². The zero-order chi connectivity index (χ0) is 13.6. The van der Waals surface area contributed by atoms with Crippen molar-refractivity contribution < 1.29 is 0 Å². The van der Waals surface area contributed by atoms with Gasteiger partial charge in [-0.15, -0.1) is 10.2 Å². The molecule has 0 amide bonds. The highest BCUT2D eigenvalue weighted by molar-refractivity contribution is 9.10. The monoisotopic (exact) mass is 380 g/mol. The maximum absolute atomic E-state index is 5.99. The van der Waals surface area contributed by atoms with Crippen molar-refractivity contribution in [2.75, 3.05) is 5.73 Å². The highest BCUT2D eigenvalue weighted by Gasteiger charge is 2.11. The van der Waals surface area contributed by atoms with Crippen molar-refractivity contribution in [1.29, 1.82) is 0 Å². The molecule has 0 aliphatic heterocycles. The van der Waals surface area contributed by atoms with E-state index < -0.39 is 0 Å². The normalized spacial score (nSPS) is 11.1. The van der Waals surface area contributed by atoms with Gasteiger partial charge in [0, 0.05) is 14.5 Å². The Balaban J connectivity index is 2.22. The topological polar surface area (TPSA) is 56.7 Å². The Labute approximate surface area is 126 Å². The molecule has 0 aliphatic carbocycles. The van der Waals surface area contributed by atoms with Gasteiger partial charge in [-0.3, -0.25) is 0 Å². The van der Waals surface area contributed by atoms with Crippen LogP contribution in [0.25, 0.3) is 16.7 Å². The quantitative estimate of drug-likeness (QED) is 0.651. The second kappa shape index (κ2) is 4.61. The van der Waals surface area contributed by atoms with Crippen molar-refractivity contribution in [3.63, 3.8) is 0 Å². The van der Waals surface area contributed by atoms with Crippen molar-refractivity contribution in [3.8, 4) is 5.69 Å². The molecule has 0 radical (unpaired) electrons. The number of hydrogen-bond acceptors (Lipinski definition) is 3. The summed E-state index contributed by atoms with van der Waals surface area (Å²) in [6.45, 7) is 1.95. The van der Waals surface area contributed by atoms with Crippen LogP contribution in [0.3, 0.4) is 0 Å². The van der Waals surface area contributed by atoms with Gasteiger partial charge in [-0.2, -0.15) is 4.80 Å². The number of nitrogen functional groups attached to an aromatic ring is 1. The summed E-state index contributed by atoms with van der Waals surface area (Å²) in [6.07, 6.45) is 0. The number of aryl methyl sites for hydroxylation is 1. The summed E-state index contributed by atoms with van der Waals surface area (Å²) in [5.74, 6) is 0. The van der Waals surface area contributed by atoms with Crippen LogP contribution in [0.15, 0.2) is 39.3 Å². The first kappa shape index (κ1) is 12.6. The Morgan fingerprint density at radius 2 is 1.79 bits per heavy atom. The van der Waals surface area contributed by atoms with Crippen molar-refractivity contribution in [2.24, 2.45) is 0 Å². The van der Waals surface area contributed by atoms with E-state index >= 15 is 0 Å². The number of rotatable bonds is 1. The second-order valence-electron chi connectivity index (χ2n) is 4.23. The summed E-state index contributed by atoms with van der Waals surface area (Å²) in [7, 11) is 0. The molecule has 4 nitrogen and oxygen atoms in total. The van der Waals surface area contributed by atoms with Gasteiger partial charge in [0.25, 0.3) is 0 Å². The van der Waals surface area contributed by atoms with Gasteiger partial charge in [-0.25, -0.2) is 0 Å². The summed E-state index contributed by atoms with van der Waals surface area (Å²) >= 11 is 6.84. The summed E-state index contributed by atoms with van der Waals surface area (Å²) in [5, 5.41) is 8.98. The fourth-order valence-electron chi connectivity index (χ4n) is 1.88. The molecule has 0 spiro atoms. The number of hydrogen-bond donors (Lipinski definition) is 1. The Morgan fingerprint density at radius 1 is 1.11 bits per heavy atom. The first-order chi connectivity index (χ1) is 9.06. The van der Waals surface area contributed by atoms with Gasteiger partial charge < -0.3 is 5.73 Å². The number of halogens is 2. The Morgan fingerprint density at radius 3 is 2.47 bits per heavy atom. The second-order valence-corrected chi connectivity index (χ2v) is 6.00. The lowest BCUT2D eigenvalue weighted by Crippen LogP contribution is -1.97. The van der Waals surface area contributed by atoms with E-state index in [4.69, 9.17) is 5.73 Å². The van der Waals surface area contributed by atoms with Gasteiger partial charge in [0.1, 0.15) is 11.0 Å². The van der Waals surface area contributed by atoms with Crippen molar-refractivity contribution in [3.05, 3.63) is 44.8 Å². The molecular weight excluding hydrogens is 372 g/mol. The van der Waals surface area contributed by atoms with Crippen LogP contribution in [0.1, 0.15) is 5.56 Å². The minimum atomic E-state index is 0.704. The third kappa shape index (κ3) is 2.15. The maximum atomic E-state index is 5.99. The van der Waals surface area contributed by atoms with E-state index in [-0.39, 0.29) is 0 Å². The molecule has 19 heavy (non-hydrogen) atoms. The Hall–Kier alpha value is -1.40. The largest absolute Gasteiger partial charge is 0.398 e. The van der Waals surface area contributed by atoms with Crippen LogP contribution in [0.2, 0.25) is 0 Å². The summed E-state index contributed by atoms with van der Waals surface area (Å²) < 4.78 is 1.87. The predicted molar refractivity (Wildman–Crippen MR) is 83.4 cm³/mol. The molecule has 3 rings (SSSR count). The van der Waals surface area contributed by atoms with E-state index in [1.807, 2.05) is 37.3 Å². The molecular formula is C13H10Br2N4. The van der Waals surface area contributed by atoms with E-state index in [0.717, 1.165) is 31.2 Å². The van der Waals surface area contributed by atoms with E-state index in [1.165, 1.54) is 0 Å². The fraction of sp³-hybridized carbons (Fsp3) is 0.0769. The highest BCUT2D eigenvalue weighted by atomic mass is 79.9. The third-order valence-corrected chi connectivity index (χ3v) is 4.16. The molecule has 0 saturated carbocycles. The minimum absolute atomic E-state index is 0.704. The molecule has 0 bridgehead atoms. The van der Waals surface area contributed by atoms with Crippen LogP contribution in [-0.2, 0) is 0 Å². The third-order valence-electron chi connectivity index (χ3n) is 2.98. The number of benzene rings is 2. The van der Waals surface area contributed by atoms with Gasteiger partial charge in [0.2, 0.25) is 0 Å². The van der Waals surface area contributed by atoms with Crippen LogP contribution in [0.5, 0.6) is 0 Å². The first-order valence-electron chi connectivity index (χ1n) is 5.64. The highest BCUT2D eigenvalue weighted by Crippen LogP contribution is 2.29. The molecule has 6 heteroatoms. The van der Waals surface area contributed by atoms with Crippen LogP contribution < -0.4 is 5.73 Å². The SMILES string of the molecule is Cc1c(N)c(Br)cc2nn(-c3ccc(Br)cc3)nc12. The van der Waals surface area contributed by atoms with Crippen LogP contribution in [-0.4, -0.2) is 15.0 Å². The zero-order valence-electron chi connectivity index (χ0n) is 10.1. The molecule has 0 saturated heterocycles. The molecule has 96 valence electrons. The smallest absolute Gasteiger partial charge is 0.118 e. The molecule has 0 atom stereocenters. The molecule has 2 N–H and O–H groups in total. The average Bonchev–Trinajstić information content (AvgIpc) is 2.81. The molecule has 1 heterocycles. The summed E-state index contributed by atoms with van der Waals surface area (Å²) in [5.41, 5.74) is 10.2. The van der Waals surface area contributed by atoms with Crippen molar-refractivity contribution in [1.82, 2.24) is 15.0 Å². The minimum Gasteiger partial charge on any atom is -0.398 e. The van der Waals surface area contributed by atoms with Gasteiger partial charge in [-0.1, -0.05) is 15.9 Å². The van der Waals surface area contributed by atoms with Gasteiger partial charge in [-0.05, 0) is 53.2 Å². The van der Waals surface area contributed by atoms with E-state index in [0.29, 0.717) is 5.69 Å². The molecule has 0 fully saturated rings. The van der Waals surface area contributed by atoms with Crippen LogP contribution in [0.4, 0.5) is 5.69 Å². The summed E-state index contributed by atoms with van der Waals surface area (Å²) in [6, 6.07) is 9.72. The lowest BCUT2D eigenvalue weighted by atomic mass is 10.2. The lowest BCUT2D eigenvalue weighted by Gasteiger charge is -2.01. The predicted octanol–water partition coefficient (Wildman–Crippen LogP) is 3.84. The van der Waals surface area contributed by atoms with E-state index in [2.05, 4.69) is 42.1 Å². The summed E-state index contributed by atoms with van der Waals surface area (Å²) in [4.78, 5) is 1.62. The maximum Gasteiger partial charge on any atom is 0.118 e. The molecule has 2 aromatic carbocycles. The number of nitrogens with two attached hydrogens (primary N) is 1. The van der Waals surface area contributed by atoms with Gasteiger partial charge in [0.15, 0.2) is 0 Å². The number of fused-ring (bicyclic) bond motifs is 1. The first-order valence-corrected chi connectivity index (χ1v) is 7.22. The Bertz CT molecular complexity index is 762.